The van der Waals surface area contributed by atoms with E-state index in [2.05, 4.69) is 10.4 Å². The molecule has 0 fully saturated rings. The number of thiophene rings is 1. The van der Waals surface area contributed by atoms with E-state index < -0.39 is 0 Å². The number of carbonyl (C=O) groups is 1. The summed E-state index contributed by atoms with van der Waals surface area (Å²) in [6, 6.07) is 3.52. The second-order valence-electron chi connectivity index (χ2n) is 3.45. The number of hydrogen-bond donors (Lipinski definition) is 2. The van der Waals surface area contributed by atoms with Crippen LogP contribution in [0.5, 0.6) is 0 Å². The summed E-state index contributed by atoms with van der Waals surface area (Å²) in [5, 5.41) is 8.70. The van der Waals surface area contributed by atoms with Crippen LogP contribution in [-0.4, -0.2) is 15.7 Å². The molecule has 5 nitrogen and oxygen atoms in total. The van der Waals surface area contributed by atoms with Gasteiger partial charge in [-0.1, -0.05) is 0 Å². The number of nitrogens with two attached hydrogens (primary N) is 1. The predicted octanol–water partition coefficient (Wildman–Crippen LogP) is 1.62. The van der Waals surface area contributed by atoms with Crippen molar-refractivity contribution in [3.8, 4) is 0 Å². The summed E-state index contributed by atoms with van der Waals surface area (Å²) in [4.78, 5) is 12.4. The van der Waals surface area contributed by atoms with Crippen LogP contribution in [0.4, 0.5) is 11.5 Å². The maximum Gasteiger partial charge on any atom is 0.268 e. The van der Waals surface area contributed by atoms with E-state index in [1.165, 1.54) is 11.3 Å². The molecule has 0 bridgehead atoms. The molecule has 16 heavy (non-hydrogen) atoms. The maximum atomic E-state index is 11.8. The minimum atomic E-state index is -0.199. The third-order valence-electron chi connectivity index (χ3n) is 2.15. The molecule has 2 aromatic rings. The first kappa shape index (κ1) is 10.7. The number of rotatable bonds is 2. The van der Waals surface area contributed by atoms with Crippen molar-refractivity contribution in [3.63, 3.8) is 0 Å². The van der Waals surface area contributed by atoms with Crippen LogP contribution in [0, 0.1) is 6.92 Å². The molecule has 0 atom stereocenters. The maximum absolute atomic E-state index is 11.8. The van der Waals surface area contributed by atoms with E-state index in [1.807, 2.05) is 13.0 Å². The molecular weight excluding hydrogens is 224 g/mol. The topological polar surface area (TPSA) is 72.9 Å². The van der Waals surface area contributed by atoms with Crippen LogP contribution in [-0.2, 0) is 7.05 Å². The van der Waals surface area contributed by atoms with Crippen LogP contribution in [0.2, 0.25) is 0 Å². The Balaban J connectivity index is 2.20. The zero-order valence-electron chi connectivity index (χ0n) is 9.02. The fourth-order valence-corrected chi connectivity index (χ4v) is 2.12. The highest BCUT2D eigenvalue weighted by atomic mass is 32.1. The Kier molecular flexibility index (Phi) is 2.66. The Morgan fingerprint density at radius 2 is 2.38 bits per heavy atom. The molecule has 2 aromatic heterocycles. The molecular formula is C10H12N4OS. The molecule has 0 saturated heterocycles. The largest absolute Gasteiger partial charge is 0.397 e. The molecule has 0 spiro atoms. The van der Waals surface area contributed by atoms with Crippen molar-refractivity contribution >= 4 is 28.7 Å². The summed E-state index contributed by atoms with van der Waals surface area (Å²) in [7, 11) is 1.78. The van der Waals surface area contributed by atoms with Gasteiger partial charge in [-0.15, -0.1) is 11.3 Å². The number of nitrogens with one attached hydrogen (secondary N) is 1. The van der Waals surface area contributed by atoms with Crippen molar-refractivity contribution in [3.05, 3.63) is 28.1 Å². The smallest absolute Gasteiger partial charge is 0.268 e. The summed E-state index contributed by atoms with van der Waals surface area (Å²) in [6.07, 6.45) is 0. The number of anilines is 2. The van der Waals surface area contributed by atoms with E-state index in [1.54, 1.807) is 23.2 Å². The normalized spacial score (nSPS) is 10.4. The molecule has 2 heterocycles. The molecule has 0 aliphatic heterocycles. The lowest BCUT2D eigenvalue weighted by molar-refractivity contribution is 0.103. The predicted molar refractivity (Wildman–Crippen MR) is 64.6 cm³/mol. The van der Waals surface area contributed by atoms with Gasteiger partial charge >= 0.3 is 0 Å². The molecule has 3 N–H and O–H groups in total. The Bertz CT molecular complexity index is 529. The number of nitrogens with zero attached hydrogens (tertiary/aromatic N) is 2. The van der Waals surface area contributed by atoms with Gasteiger partial charge < -0.3 is 11.1 Å². The minimum absolute atomic E-state index is 0.199. The van der Waals surface area contributed by atoms with Gasteiger partial charge in [0.15, 0.2) is 0 Å². The Labute approximate surface area is 96.9 Å². The van der Waals surface area contributed by atoms with Gasteiger partial charge in [0, 0.05) is 13.1 Å². The van der Waals surface area contributed by atoms with Crippen molar-refractivity contribution in [1.29, 1.82) is 0 Å². The van der Waals surface area contributed by atoms with Gasteiger partial charge in [0.05, 0.1) is 11.4 Å². The van der Waals surface area contributed by atoms with Gasteiger partial charge in [-0.2, -0.15) is 5.10 Å². The number of aryl methyl sites for hydroxylation is 2. The molecule has 2 rings (SSSR count). The molecule has 84 valence electrons. The van der Waals surface area contributed by atoms with Crippen LogP contribution >= 0.6 is 11.3 Å². The second kappa shape index (κ2) is 3.97. The number of hydrogen-bond acceptors (Lipinski definition) is 4. The van der Waals surface area contributed by atoms with Gasteiger partial charge in [0.2, 0.25) is 0 Å². The molecule has 0 aliphatic rings. The first-order chi connectivity index (χ1) is 7.58. The van der Waals surface area contributed by atoms with Gasteiger partial charge in [0.25, 0.3) is 5.91 Å². The fourth-order valence-electron chi connectivity index (χ4n) is 1.40. The Hall–Kier alpha value is -1.82. The lowest BCUT2D eigenvalue weighted by Gasteiger charge is -2.03. The summed E-state index contributed by atoms with van der Waals surface area (Å²) in [6.45, 7) is 1.87. The molecule has 6 heteroatoms. The zero-order valence-corrected chi connectivity index (χ0v) is 9.84. The third kappa shape index (κ3) is 1.92. The highest BCUT2D eigenvalue weighted by Crippen LogP contribution is 2.20. The van der Waals surface area contributed by atoms with Gasteiger partial charge in [-0.25, -0.2) is 0 Å². The molecule has 0 radical (unpaired) electrons. The van der Waals surface area contributed by atoms with Gasteiger partial charge in [-0.3, -0.25) is 9.48 Å². The fraction of sp³-hybridized carbons (Fsp3) is 0.200. The van der Waals surface area contributed by atoms with Crippen LogP contribution in [0.15, 0.2) is 17.5 Å². The van der Waals surface area contributed by atoms with E-state index in [0.29, 0.717) is 16.4 Å². The third-order valence-corrected chi connectivity index (χ3v) is 3.07. The number of nitrogen functional groups attached to an aromatic ring is 1. The average Bonchev–Trinajstić information content (AvgIpc) is 2.74. The lowest BCUT2D eigenvalue weighted by Crippen LogP contribution is -2.14. The van der Waals surface area contributed by atoms with Gasteiger partial charge in [0.1, 0.15) is 10.7 Å². The summed E-state index contributed by atoms with van der Waals surface area (Å²) in [5.74, 6) is 0.464. The zero-order chi connectivity index (χ0) is 11.7. The van der Waals surface area contributed by atoms with Gasteiger partial charge in [-0.05, 0) is 18.4 Å². The van der Waals surface area contributed by atoms with Crippen molar-refractivity contribution in [1.82, 2.24) is 9.78 Å². The monoisotopic (exact) mass is 236 g/mol. The minimum Gasteiger partial charge on any atom is -0.397 e. The lowest BCUT2D eigenvalue weighted by atomic mass is 10.4. The Morgan fingerprint density at radius 1 is 1.62 bits per heavy atom. The second-order valence-corrected chi connectivity index (χ2v) is 4.37. The standard InChI is InChI=1S/C10H12N4OS/c1-6-5-8(14(2)13-6)12-10(15)9-7(11)3-4-16-9/h3-5H,11H2,1-2H3,(H,12,15). The summed E-state index contributed by atoms with van der Waals surface area (Å²) < 4.78 is 1.62. The van der Waals surface area contributed by atoms with Crippen molar-refractivity contribution in [2.45, 2.75) is 6.92 Å². The van der Waals surface area contributed by atoms with E-state index in [0.717, 1.165) is 5.69 Å². The average molecular weight is 236 g/mol. The number of amides is 1. The van der Waals surface area contributed by atoms with Crippen LogP contribution in [0.25, 0.3) is 0 Å². The van der Waals surface area contributed by atoms with E-state index in [4.69, 9.17) is 5.73 Å². The molecule has 0 aromatic carbocycles. The Morgan fingerprint density at radius 3 is 2.88 bits per heavy atom. The summed E-state index contributed by atoms with van der Waals surface area (Å²) in [5.41, 5.74) is 7.03. The highest BCUT2D eigenvalue weighted by molar-refractivity contribution is 7.12. The number of carbonyl (C=O) groups excluding carboxylic acids is 1. The summed E-state index contributed by atoms with van der Waals surface area (Å²) >= 11 is 1.32. The molecule has 0 unspecified atom stereocenters. The first-order valence-corrected chi connectivity index (χ1v) is 5.61. The molecule has 0 aliphatic carbocycles. The van der Waals surface area contributed by atoms with E-state index in [9.17, 15) is 4.79 Å². The first-order valence-electron chi connectivity index (χ1n) is 4.73. The number of aromatic nitrogens is 2. The molecule has 0 saturated carbocycles. The van der Waals surface area contributed by atoms with Crippen molar-refractivity contribution in [2.75, 3.05) is 11.1 Å². The van der Waals surface area contributed by atoms with Crippen LogP contribution < -0.4 is 11.1 Å². The quantitative estimate of drug-likeness (QED) is 0.832. The van der Waals surface area contributed by atoms with E-state index in [-0.39, 0.29) is 5.91 Å². The van der Waals surface area contributed by atoms with E-state index >= 15 is 0 Å². The highest BCUT2D eigenvalue weighted by Gasteiger charge is 2.13. The SMILES string of the molecule is Cc1cc(NC(=O)c2sccc2N)n(C)n1. The van der Waals surface area contributed by atoms with Crippen molar-refractivity contribution in [2.24, 2.45) is 7.05 Å². The molecule has 1 amide bonds. The van der Waals surface area contributed by atoms with Crippen LogP contribution in [0.1, 0.15) is 15.4 Å². The van der Waals surface area contributed by atoms with Crippen LogP contribution in [0.3, 0.4) is 0 Å². The van der Waals surface area contributed by atoms with Crippen molar-refractivity contribution < 1.29 is 4.79 Å².